The molecule has 25 heavy (non-hydrogen) atoms. The zero-order chi connectivity index (χ0) is 18.2. The van der Waals surface area contributed by atoms with Crippen molar-refractivity contribution >= 4 is 12.0 Å². The minimum Gasteiger partial charge on any atom is -0.480 e. The van der Waals surface area contributed by atoms with Gasteiger partial charge in [0.05, 0.1) is 13.2 Å². The summed E-state index contributed by atoms with van der Waals surface area (Å²) in [6, 6.07) is 9.72. The van der Waals surface area contributed by atoms with E-state index in [1.807, 2.05) is 42.2 Å². The Kier molecular flexibility index (Phi) is 7.21. The summed E-state index contributed by atoms with van der Waals surface area (Å²) in [6.45, 7) is 3.29. The van der Waals surface area contributed by atoms with Gasteiger partial charge in [0.25, 0.3) is 0 Å². The van der Waals surface area contributed by atoms with Crippen LogP contribution in [0.15, 0.2) is 30.3 Å². The molecule has 3 N–H and O–H groups in total. The number of carboxylic acid groups (broad SMARTS) is 1. The fraction of sp³-hybridized carbons (Fsp3) is 0.556. The maximum Gasteiger partial charge on any atom is 0.317 e. The molecule has 1 fully saturated rings. The summed E-state index contributed by atoms with van der Waals surface area (Å²) in [6.07, 6.45) is 1.51. The van der Waals surface area contributed by atoms with Crippen molar-refractivity contribution in [1.29, 1.82) is 0 Å². The van der Waals surface area contributed by atoms with Crippen molar-refractivity contribution in [2.24, 2.45) is 0 Å². The first kappa shape index (κ1) is 19.2. The molecule has 1 aliphatic rings. The zero-order valence-electron chi connectivity index (χ0n) is 14.6. The van der Waals surface area contributed by atoms with Crippen LogP contribution in [0.2, 0.25) is 0 Å². The van der Waals surface area contributed by atoms with Crippen LogP contribution in [-0.2, 0) is 11.3 Å². The smallest absolute Gasteiger partial charge is 0.317 e. The lowest BCUT2D eigenvalue weighted by Gasteiger charge is -2.42. The molecule has 1 saturated carbocycles. The third-order valence-corrected chi connectivity index (χ3v) is 4.58. The number of aliphatic carboxylic acids is 1. The van der Waals surface area contributed by atoms with E-state index in [1.165, 1.54) is 0 Å². The molecule has 0 atom stereocenters. The second-order valence-electron chi connectivity index (χ2n) is 6.36. The molecule has 0 radical (unpaired) electrons. The van der Waals surface area contributed by atoms with Crippen LogP contribution in [-0.4, -0.2) is 70.3 Å². The number of carbonyl (C=O) groups excluding carboxylic acids is 1. The van der Waals surface area contributed by atoms with E-state index in [1.54, 1.807) is 4.90 Å². The largest absolute Gasteiger partial charge is 0.480 e. The highest BCUT2D eigenvalue weighted by atomic mass is 16.4. The Morgan fingerprint density at radius 3 is 2.48 bits per heavy atom. The lowest BCUT2D eigenvalue weighted by Crippen LogP contribution is -2.56. The molecular weight excluding hydrogens is 322 g/mol. The molecule has 0 bridgehead atoms. The highest BCUT2D eigenvalue weighted by molar-refractivity contribution is 5.74. The Morgan fingerprint density at radius 2 is 1.92 bits per heavy atom. The Labute approximate surface area is 148 Å². The quantitative estimate of drug-likeness (QED) is 0.621. The minimum atomic E-state index is -0.827. The van der Waals surface area contributed by atoms with Gasteiger partial charge in [0, 0.05) is 25.2 Å². The fourth-order valence-corrected chi connectivity index (χ4v) is 3.12. The van der Waals surface area contributed by atoms with Gasteiger partial charge in [-0.15, -0.1) is 0 Å². The topological polar surface area (TPSA) is 93.1 Å². The van der Waals surface area contributed by atoms with E-state index in [0.717, 1.165) is 18.4 Å². The van der Waals surface area contributed by atoms with E-state index in [9.17, 15) is 14.7 Å². The summed E-state index contributed by atoms with van der Waals surface area (Å²) in [7, 11) is 0. The van der Waals surface area contributed by atoms with Crippen LogP contribution in [0.5, 0.6) is 0 Å². The molecule has 1 aromatic rings. The molecule has 0 aromatic heterocycles. The molecule has 2 amide bonds. The van der Waals surface area contributed by atoms with Gasteiger partial charge in [0.15, 0.2) is 0 Å². The number of aliphatic hydroxyl groups excluding tert-OH is 1. The van der Waals surface area contributed by atoms with E-state index >= 15 is 0 Å². The second kappa shape index (κ2) is 9.39. The lowest BCUT2D eigenvalue weighted by atomic mass is 9.85. The van der Waals surface area contributed by atoms with Gasteiger partial charge >= 0.3 is 12.0 Å². The van der Waals surface area contributed by atoms with Gasteiger partial charge in [-0.3, -0.25) is 9.69 Å². The number of hydrogen-bond acceptors (Lipinski definition) is 4. The van der Waals surface area contributed by atoms with Crippen LogP contribution in [0.4, 0.5) is 4.79 Å². The van der Waals surface area contributed by atoms with Crippen LogP contribution in [0.25, 0.3) is 0 Å². The average molecular weight is 349 g/mol. The fourth-order valence-electron chi connectivity index (χ4n) is 3.12. The van der Waals surface area contributed by atoms with Crippen molar-refractivity contribution in [2.45, 2.75) is 38.4 Å². The summed E-state index contributed by atoms with van der Waals surface area (Å²) >= 11 is 0. The molecule has 7 heteroatoms. The van der Waals surface area contributed by atoms with Crippen LogP contribution in [0.3, 0.4) is 0 Å². The second-order valence-corrected chi connectivity index (χ2v) is 6.36. The summed E-state index contributed by atoms with van der Waals surface area (Å²) in [5, 5.41) is 21.1. The minimum absolute atomic E-state index is 0.0342. The maximum absolute atomic E-state index is 12.5. The van der Waals surface area contributed by atoms with E-state index in [4.69, 9.17) is 5.11 Å². The van der Waals surface area contributed by atoms with Gasteiger partial charge in [0.2, 0.25) is 0 Å². The molecule has 0 unspecified atom stereocenters. The Hall–Kier alpha value is -2.12. The molecule has 2 rings (SSSR count). The standard InChI is InChI=1S/C18H27N3O4/c1-2-20(13-17(23)24)16-10-15(11-16)19-18(25)21(8-9-22)12-14-6-4-3-5-7-14/h3-7,15-16,22H,2,8-13H2,1H3,(H,19,25)(H,23,24). The number of likely N-dealkylation sites (N-methyl/N-ethyl adjacent to an activating group) is 1. The first-order valence-electron chi connectivity index (χ1n) is 8.69. The molecule has 1 aliphatic carbocycles. The monoisotopic (exact) mass is 349 g/mol. The van der Waals surface area contributed by atoms with Crippen molar-refractivity contribution in [2.75, 3.05) is 26.2 Å². The molecule has 0 aliphatic heterocycles. The molecule has 0 spiro atoms. The van der Waals surface area contributed by atoms with Crippen molar-refractivity contribution < 1.29 is 19.8 Å². The van der Waals surface area contributed by atoms with Gasteiger partial charge < -0.3 is 20.4 Å². The molecule has 0 saturated heterocycles. The van der Waals surface area contributed by atoms with Crippen LogP contribution >= 0.6 is 0 Å². The Morgan fingerprint density at radius 1 is 1.24 bits per heavy atom. The number of rotatable bonds is 9. The third-order valence-electron chi connectivity index (χ3n) is 4.58. The van der Waals surface area contributed by atoms with E-state index < -0.39 is 5.97 Å². The number of benzene rings is 1. The van der Waals surface area contributed by atoms with Crippen molar-refractivity contribution in [1.82, 2.24) is 15.1 Å². The first-order chi connectivity index (χ1) is 12.0. The van der Waals surface area contributed by atoms with Gasteiger partial charge in [-0.2, -0.15) is 0 Å². The highest BCUT2D eigenvalue weighted by Gasteiger charge is 2.35. The number of nitrogens with zero attached hydrogens (tertiary/aromatic N) is 2. The molecule has 7 nitrogen and oxygen atoms in total. The summed E-state index contributed by atoms with van der Waals surface area (Å²) in [5.74, 6) is -0.827. The SMILES string of the molecule is CCN(CC(=O)O)C1CC(NC(=O)N(CCO)Cc2ccccc2)C1. The predicted molar refractivity (Wildman–Crippen MR) is 94.2 cm³/mol. The predicted octanol–water partition coefficient (Wildman–Crippen LogP) is 1.13. The van der Waals surface area contributed by atoms with E-state index in [-0.39, 0.29) is 37.8 Å². The van der Waals surface area contributed by atoms with Gasteiger partial charge in [-0.1, -0.05) is 37.3 Å². The number of hydrogen-bond donors (Lipinski definition) is 3. The lowest BCUT2D eigenvalue weighted by molar-refractivity contribution is -0.139. The molecule has 1 aromatic carbocycles. The summed E-state index contributed by atoms with van der Waals surface area (Å²) in [5.41, 5.74) is 1.01. The third kappa shape index (κ3) is 5.72. The number of carbonyl (C=O) groups is 2. The molecular formula is C18H27N3O4. The van der Waals surface area contributed by atoms with E-state index in [2.05, 4.69) is 5.32 Å². The van der Waals surface area contributed by atoms with Crippen molar-refractivity contribution in [3.8, 4) is 0 Å². The normalized spacial score (nSPS) is 19.3. The van der Waals surface area contributed by atoms with Crippen molar-refractivity contribution in [3.05, 3.63) is 35.9 Å². The number of amides is 2. The zero-order valence-corrected chi connectivity index (χ0v) is 14.6. The van der Waals surface area contributed by atoms with Crippen LogP contribution in [0, 0.1) is 0 Å². The highest BCUT2D eigenvalue weighted by Crippen LogP contribution is 2.25. The number of urea groups is 1. The van der Waals surface area contributed by atoms with Gasteiger partial charge in [0.1, 0.15) is 0 Å². The summed E-state index contributed by atoms with van der Waals surface area (Å²) < 4.78 is 0. The number of aliphatic hydroxyl groups is 1. The van der Waals surface area contributed by atoms with Crippen LogP contribution in [0.1, 0.15) is 25.3 Å². The Bertz CT molecular complexity index is 561. The maximum atomic E-state index is 12.5. The number of carboxylic acids is 1. The average Bonchev–Trinajstić information content (AvgIpc) is 2.56. The van der Waals surface area contributed by atoms with E-state index in [0.29, 0.717) is 13.1 Å². The Balaban J connectivity index is 1.82. The number of nitrogens with one attached hydrogen (secondary N) is 1. The van der Waals surface area contributed by atoms with Gasteiger partial charge in [-0.05, 0) is 24.9 Å². The van der Waals surface area contributed by atoms with Gasteiger partial charge in [-0.25, -0.2) is 4.79 Å². The molecule has 138 valence electrons. The van der Waals surface area contributed by atoms with Crippen LogP contribution < -0.4 is 5.32 Å². The summed E-state index contributed by atoms with van der Waals surface area (Å²) in [4.78, 5) is 26.8. The first-order valence-corrected chi connectivity index (χ1v) is 8.69. The van der Waals surface area contributed by atoms with Crippen molar-refractivity contribution in [3.63, 3.8) is 0 Å². The molecule has 0 heterocycles.